The van der Waals surface area contributed by atoms with Crippen molar-refractivity contribution in [2.24, 2.45) is 0 Å². The highest BCUT2D eigenvalue weighted by atomic mass is 32.1. The van der Waals surface area contributed by atoms with E-state index in [1.165, 1.54) is 22.9 Å². The van der Waals surface area contributed by atoms with Gasteiger partial charge in [-0.05, 0) is 49.7 Å². The van der Waals surface area contributed by atoms with Crippen LogP contribution >= 0.6 is 11.3 Å². The first-order chi connectivity index (χ1) is 14.6. The van der Waals surface area contributed by atoms with Crippen LogP contribution in [0.25, 0.3) is 5.00 Å². The number of hydrogen-bond acceptors (Lipinski definition) is 4. The Morgan fingerprint density at radius 2 is 1.90 bits per heavy atom. The molecular weight excluding hydrogens is 396 g/mol. The third kappa shape index (κ3) is 4.17. The topological polar surface area (TPSA) is 66.4 Å². The first kappa shape index (κ1) is 20.4. The summed E-state index contributed by atoms with van der Waals surface area (Å²) in [5.74, 6) is -0.0758. The molecule has 0 unspecified atom stereocenters. The lowest BCUT2D eigenvalue weighted by Gasteiger charge is -2.25. The number of thiophene rings is 1. The van der Waals surface area contributed by atoms with Crippen LogP contribution < -0.4 is 10.6 Å². The molecule has 3 aromatic rings. The Bertz CT molecular complexity index is 1060. The van der Waals surface area contributed by atoms with Gasteiger partial charge < -0.3 is 15.2 Å². The summed E-state index contributed by atoms with van der Waals surface area (Å²) in [6, 6.07) is 10.8. The Hall–Kier alpha value is -2.90. The van der Waals surface area contributed by atoms with Gasteiger partial charge in [0.15, 0.2) is 5.78 Å². The average molecular weight is 423 g/mol. The summed E-state index contributed by atoms with van der Waals surface area (Å²) in [4.78, 5) is 28.2. The molecule has 1 aliphatic heterocycles. The first-order valence-electron chi connectivity index (χ1n) is 10.2. The van der Waals surface area contributed by atoms with E-state index in [4.69, 9.17) is 0 Å². The minimum Gasteiger partial charge on any atom is -0.334 e. The normalized spacial score (nSPS) is 13.7. The van der Waals surface area contributed by atoms with Crippen molar-refractivity contribution in [3.63, 3.8) is 0 Å². The van der Waals surface area contributed by atoms with Gasteiger partial charge in [-0.3, -0.25) is 9.69 Å². The van der Waals surface area contributed by atoms with Crippen LogP contribution in [0.5, 0.6) is 0 Å². The minimum atomic E-state index is -0.312. The molecule has 0 atom stereocenters. The van der Waals surface area contributed by atoms with Gasteiger partial charge >= 0.3 is 6.03 Å². The standard InChI is InChI=1S/C23H26N4O2S/c1-3-26-13-10-18-19(22(30-21(18)15-26)27-11-6-7-12-27)14-24-23(29)25-20-9-5-4-8-17(20)16(2)28/h4-9,11-12H,3,10,13-15H2,1-2H3,(H2,24,25,29). The number of carbonyl (C=O) groups excluding carboxylic acids is 2. The predicted molar refractivity (Wildman–Crippen MR) is 121 cm³/mol. The second-order valence-corrected chi connectivity index (χ2v) is 8.49. The molecule has 1 aliphatic rings. The van der Waals surface area contributed by atoms with Gasteiger partial charge in [0.1, 0.15) is 5.00 Å². The number of benzene rings is 1. The number of nitrogens with zero attached hydrogens (tertiary/aromatic N) is 2. The molecule has 2 amide bonds. The van der Waals surface area contributed by atoms with Crippen molar-refractivity contribution in [2.75, 3.05) is 18.4 Å². The van der Waals surface area contributed by atoms with E-state index >= 15 is 0 Å². The minimum absolute atomic E-state index is 0.0758. The summed E-state index contributed by atoms with van der Waals surface area (Å²) in [6.07, 6.45) is 5.08. The van der Waals surface area contributed by atoms with E-state index in [1.54, 1.807) is 35.6 Å². The molecule has 0 saturated carbocycles. The number of rotatable bonds is 6. The second-order valence-electron chi connectivity index (χ2n) is 7.41. The monoisotopic (exact) mass is 422 g/mol. The second kappa shape index (κ2) is 8.85. The molecule has 0 spiro atoms. The molecule has 30 heavy (non-hydrogen) atoms. The van der Waals surface area contributed by atoms with Crippen LogP contribution in [0.4, 0.5) is 10.5 Å². The van der Waals surface area contributed by atoms with E-state index in [2.05, 4.69) is 27.0 Å². The molecular formula is C23H26N4O2S. The van der Waals surface area contributed by atoms with Crippen molar-refractivity contribution in [2.45, 2.75) is 33.4 Å². The number of nitrogens with one attached hydrogen (secondary N) is 2. The van der Waals surface area contributed by atoms with Gasteiger partial charge in [-0.2, -0.15) is 0 Å². The van der Waals surface area contributed by atoms with Crippen LogP contribution in [-0.4, -0.2) is 34.4 Å². The van der Waals surface area contributed by atoms with E-state index < -0.39 is 0 Å². The fraction of sp³-hybridized carbons (Fsp3) is 0.304. The van der Waals surface area contributed by atoms with Gasteiger partial charge in [0.25, 0.3) is 0 Å². The molecule has 0 bridgehead atoms. The molecule has 4 rings (SSSR count). The van der Waals surface area contributed by atoms with Crippen molar-refractivity contribution >= 4 is 28.8 Å². The van der Waals surface area contributed by atoms with Crippen molar-refractivity contribution in [3.05, 3.63) is 70.4 Å². The number of anilines is 1. The Labute approximate surface area is 180 Å². The van der Waals surface area contributed by atoms with E-state index in [-0.39, 0.29) is 11.8 Å². The Morgan fingerprint density at radius 3 is 2.63 bits per heavy atom. The smallest absolute Gasteiger partial charge is 0.319 e. The molecule has 0 radical (unpaired) electrons. The maximum absolute atomic E-state index is 12.6. The third-order valence-electron chi connectivity index (χ3n) is 5.49. The van der Waals surface area contributed by atoms with E-state index in [0.717, 1.165) is 31.1 Å². The zero-order valence-electron chi connectivity index (χ0n) is 17.3. The van der Waals surface area contributed by atoms with Crippen molar-refractivity contribution < 1.29 is 9.59 Å². The van der Waals surface area contributed by atoms with Crippen LogP contribution in [0.3, 0.4) is 0 Å². The number of likely N-dealkylation sites (N-methyl/N-ethyl adjacent to an activating group) is 1. The number of fused-ring (bicyclic) bond motifs is 1. The van der Waals surface area contributed by atoms with Gasteiger partial charge in [-0.25, -0.2) is 4.79 Å². The number of hydrogen-bond donors (Lipinski definition) is 2. The zero-order valence-corrected chi connectivity index (χ0v) is 18.1. The highest BCUT2D eigenvalue weighted by Gasteiger charge is 2.24. The number of amides is 2. The third-order valence-corrected chi connectivity index (χ3v) is 6.76. The van der Waals surface area contributed by atoms with Crippen LogP contribution in [0.2, 0.25) is 0 Å². The van der Waals surface area contributed by atoms with Crippen molar-refractivity contribution in [1.82, 2.24) is 14.8 Å². The molecule has 0 saturated heterocycles. The first-order valence-corrected chi connectivity index (χ1v) is 11.0. The summed E-state index contributed by atoms with van der Waals surface area (Å²) in [5.41, 5.74) is 3.57. The summed E-state index contributed by atoms with van der Waals surface area (Å²) < 4.78 is 2.12. The van der Waals surface area contributed by atoms with Crippen LogP contribution in [0, 0.1) is 0 Å². The number of para-hydroxylation sites is 1. The summed E-state index contributed by atoms with van der Waals surface area (Å²) in [7, 11) is 0. The van der Waals surface area contributed by atoms with E-state index in [1.807, 2.05) is 24.5 Å². The lowest BCUT2D eigenvalue weighted by molar-refractivity contribution is 0.101. The summed E-state index contributed by atoms with van der Waals surface area (Å²) >= 11 is 1.81. The number of urea groups is 1. The molecule has 6 nitrogen and oxygen atoms in total. The molecule has 156 valence electrons. The Morgan fingerprint density at radius 1 is 1.13 bits per heavy atom. The van der Waals surface area contributed by atoms with Gasteiger partial charge in [-0.15, -0.1) is 11.3 Å². The average Bonchev–Trinajstić information content (AvgIpc) is 3.39. The van der Waals surface area contributed by atoms with Crippen molar-refractivity contribution in [3.8, 4) is 5.00 Å². The Balaban J connectivity index is 1.54. The molecule has 0 aliphatic carbocycles. The van der Waals surface area contributed by atoms with Crippen LogP contribution in [-0.2, 0) is 19.5 Å². The fourth-order valence-electron chi connectivity index (χ4n) is 3.87. The number of Topliss-reactive ketones (excluding diaryl/α,β-unsaturated/α-hetero) is 1. The largest absolute Gasteiger partial charge is 0.334 e. The lowest BCUT2D eigenvalue weighted by Crippen LogP contribution is -2.31. The quantitative estimate of drug-likeness (QED) is 0.577. The highest BCUT2D eigenvalue weighted by molar-refractivity contribution is 7.14. The van der Waals surface area contributed by atoms with Crippen LogP contribution in [0.1, 0.15) is 40.2 Å². The van der Waals surface area contributed by atoms with Gasteiger partial charge in [-0.1, -0.05) is 19.1 Å². The van der Waals surface area contributed by atoms with Gasteiger partial charge in [0.2, 0.25) is 0 Å². The van der Waals surface area contributed by atoms with E-state index in [0.29, 0.717) is 17.8 Å². The maximum atomic E-state index is 12.6. The molecule has 2 N–H and O–H groups in total. The molecule has 2 aromatic heterocycles. The molecule has 3 heterocycles. The Kier molecular flexibility index (Phi) is 6.01. The molecule has 1 aromatic carbocycles. The predicted octanol–water partition coefficient (Wildman–Crippen LogP) is 4.44. The van der Waals surface area contributed by atoms with Gasteiger partial charge in [0, 0.05) is 48.0 Å². The zero-order chi connectivity index (χ0) is 21.1. The maximum Gasteiger partial charge on any atom is 0.319 e. The lowest BCUT2D eigenvalue weighted by atomic mass is 10.0. The van der Waals surface area contributed by atoms with Gasteiger partial charge in [0.05, 0.1) is 5.69 Å². The van der Waals surface area contributed by atoms with Crippen molar-refractivity contribution in [1.29, 1.82) is 0 Å². The highest BCUT2D eigenvalue weighted by Crippen LogP contribution is 2.35. The number of carbonyl (C=O) groups is 2. The van der Waals surface area contributed by atoms with E-state index in [9.17, 15) is 9.59 Å². The molecule has 7 heteroatoms. The summed E-state index contributed by atoms with van der Waals surface area (Å²) in [6.45, 7) is 7.18. The number of aromatic nitrogens is 1. The SMILES string of the molecule is CCN1CCc2c(sc(-n3cccc3)c2CNC(=O)Nc2ccccc2C(C)=O)C1. The number of ketones is 1. The summed E-state index contributed by atoms with van der Waals surface area (Å²) in [5, 5.41) is 6.98. The molecule has 0 fully saturated rings. The fourth-order valence-corrected chi connectivity index (χ4v) is 5.25. The van der Waals surface area contributed by atoms with Crippen LogP contribution in [0.15, 0.2) is 48.8 Å².